The molecule has 1 aromatic heterocycles. The topological polar surface area (TPSA) is 21.1 Å². The number of piperidine rings is 1. The number of hydrogen-bond donors (Lipinski definition) is 0. The summed E-state index contributed by atoms with van der Waals surface area (Å²) in [5, 5.41) is 4.20. The van der Waals surface area contributed by atoms with Gasteiger partial charge in [0, 0.05) is 19.3 Å². The summed E-state index contributed by atoms with van der Waals surface area (Å²) in [6.45, 7) is 2.26. The summed E-state index contributed by atoms with van der Waals surface area (Å²) in [7, 11) is 0. The van der Waals surface area contributed by atoms with Crippen LogP contribution in [-0.4, -0.2) is 40.7 Å². The van der Waals surface area contributed by atoms with Gasteiger partial charge in [0.2, 0.25) is 0 Å². The highest BCUT2D eigenvalue weighted by Gasteiger charge is 2.22. The van der Waals surface area contributed by atoms with Crippen molar-refractivity contribution in [3.05, 3.63) is 16.9 Å². The molecule has 1 aliphatic heterocycles. The molecule has 0 amide bonds. The van der Waals surface area contributed by atoms with Crippen LogP contribution in [-0.2, 0) is 6.54 Å². The molecule has 0 bridgehead atoms. The van der Waals surface area contributed by atoms with Gasteiger partial charge in [0.25, 0.3) is 6.43 Å². The summed E-state index contributed by atoms with van der Waals surface area (Å²) < 4.78 is 27.5. The third-order valence-corrected chi connectivity index (χ3v) is 3.46. The molecule has 6 heteroatoms. The molecular weight excluding hydrogens is 292 g/mol. The van der Waals surface area contributed by atoms with Gasteiger partial charge in [0.1, 0.15) is 0 Å². The van der Waals surface area contributed by atoms with Crippen molar-refractivity contribution in [2.45, 2.75) is 25.8 Å². The fraction of sp³-hybridized carbons (Fsp3) is 0.727. The van der Waals surface area contributed by atoms with Gasteiger partial charge in [-0.05, 0) is 41.2 Å². The average molecular weight is 308 g/mol. The molecule has 3 nitrogen and oxygen atoms in total. The van der Waals surface area contributed by atoms with Gasteiger partial charge in [-0.15, -0.1) is 0 Å². The standard InChI is InChI=1S/C11H16BrF2N3/c12-10-4-15-17(7-10)6-9-2-1-3-16(5-9)8-11(13)14/h4,7,9,11H,1-3,5-6,8H2. The lowest BCUT2D eigenvalue weighted by Crippen LogP contribution is -2.39. The highest BCUT2D eigenvalue weighted by atomic mass is 79.9. The first-order valence-electron chi connectivity index (χ1n) is 5.82. The number of nitrogens with zero attached hydrogens (tertiary/aromatic N) is 3. The lowest BCUT2D eigenvalue weighted by atomic mass is 9.98. The van der Waals surface area contributed by atoms with Crippen LogP contribution >= 0.6 is 15.9 Å². The Labute approximate surface area is 108 Å². The number of aromatic nitrogens is 2. The Morgan fingerprint density at radius 1 is 1.53 bits per heavy atom. The van der Waals surface area contributed by atoms with Gasteiger partial charge in [-0.3, -0.25) is 9.58 Å². The van der Waals surface area contributed by atoms with Gasteiger partial charge in [-0.1, -0.05) is 0 Å². The highest BCUT2D eigenvalue weighted by Crippen LogP contribution is 2.19. The fourth-order valence-electron chi connectivity index (χ4n) is 2.36. The molecule has 96 valence electrons. The van der Waals surface area contributed by atoms with E-state index in [0.717, 1.165) is 36.9 Å². The maximum atomic E-state index is 12.3. The summed E-state index contributed by atoms with van der Waals surface area (Å²) in [5.74, 6) is 0.425. The van der Waals surface area contributed by atoms with Crippen LogP contribution in [0, 0.1) is 5.92 Å². The van der Waals surface area contributed by atoms with E-state index in [4.69, 9.17) is 0 Å². The molecule has 1 unspecified atom stereocenters. The summed E-state index contributed by atoms with van der Waals surface area (Å²) >= 11 is 3.35. The van der Waals surface area contributed by atoms with Crippen molar-refractivity contribution in [1.82, 2.24) is 14.7 Å². The van der Waals surface area contributed by atoms with Crippen molar-refractivity contribution in [3.8, 4) is 0 Å². The van der Waals surface area contributed by atoms with E-state index in [1.807, 2.05) is 15.8 Å². The third-order valence-electron chi connectivity index (χ3n) is 3.05. The van der Waals surface area contributed by atoms with Gasteiger partial charge in [0.05, 0.1) is 17.2 Å². The molecule has 0 aromatic carbocycles. The number of rotatable bonds is 4. The molecule has 1 aliphatic rings. The maximum Gasteiger partial charge on any atom is 0.251 e. The molecule has 0 N–H and O–H groups in total. The molecule has 17 heavy (non-hydrogen) atoms. The van der Waals surface area contributed by atoms with Crippen LogP contribution in [0.4, 0.5) is 8.78 Å². The lowest BCUT2D eigenvalue weighted by molar-refractivity contribution is 0.0615. The average Bonchev–Trinajstić information content (AvgIpc) is 2.63. The minimum Gasteiger partial charge on any atom is -0.297 e. The van der Waals surface area contributed by atoms with Gasteiger partial charge < -0.3 is 0 Å². The first-order valence-corrected chi connectivity index (χ1v) is 6.61. The molecule has 1 fully saturated rings. The molecule has 0 saturated carbocycles. The van der Waals surface area contributed by atoms with Crippen molar-refractivity contribution in [3.63, 3.8) is 0 Å². The summed E-state index contributed by atoms with van der Waals surface area (Å²) in [6, 6.07) is 0. The van der Waals surface area contributed by atoms with Gasteiger partial charge in [-0.2, -0.15) is 5.10 Å². The minimum atomic E-state index is -2.23. The Bertz CT molecular complexity index is 356. The van der Waals surface area contributed by atoms with Gasteiger partial charge >= 0.3 is 0 Å². The number of halogens is 3. The quantitative estimate of drug-likeness (QED) is 0.852. The van der Waals surface area contributed by atoms with Crippen molar-refractivity contribution < 1.29 is 8.78 Å². The number of alkyl halides is 2. The predicted molar refractivity (Wildman–Crippen MR) is 65.1 cm³/mol. The zero-order valence-electron chi connectivity index (χ0n) is 9.53. The van der Waals surface area contributed by atoms with Crippen LogP contribution in [0.15, 0.2) is 16.9 Å². The van der Waals surface area contributed by atoms with Crippen molar-refractivity contribution in [2.24, 2.45) is 5.92 Å². The molecular formula is C11H16BrF2N3. The van der Waals surface area contributed by atoms with Crippen LogP contribution in [0.1, 0.15) is 12.8 Å². The number of hydrogen-bond acceptors (Lipinski definition) is 2. The van der Waals surface area contributed by atoms with E-state index in [-0.39, 0.29) is 6.54 Å². The second kappa shape index (κ2) is 5.91. The van der Waals surface area contributed by atoms with E-state index in [9.17, 15) is 8.78 Å². The zero-order chi connectivity index (χ0) is 12.3. The van der Waals surface area contributed by atoms with E-state index < -0.39 is 6.43 Å². The highest BCUT2D eigenvalue weighted by molar-refractivity contribution is 9.10. The Hall–Kier alpha value is -0.490. The van der Waals surface area contributed by atoms with E-state index >= 15 is 0 Å². The normalized spacial score (nSPS) is 22.2. The smallest absolute Gasteiger partial charge is 0.251 e. The number of likely N-dealkylation sites (tertiary alicyclic amines) is 1. The summed E-state index contributed by atoms with van der Waals surface area (Å²) in [5.41, 5.74) is 0. The second-order valence-corrected chi connectivity index (χ2v) is 5.46. The predicted octanol–water partition coefficient (Wildman–Crippen LogP) is 2.62. The SMILES string of the molecule is FC(F)CN1CCCC(Cn2cc(Br)cn2)C1. The molecule has 0 radical (unpaired) electrons. The maximum absolute atomic E-state index is 12.3. The van der Waals surface area contributed by atoms with Crippen molar-refractivity contribution in [2.75, 3.05) is 19.6 Å². The van der Waals surface area contributed by atoms with E-state index in [0.29, 0.717) is 5.92 Å². The minimum absolute atomic E-state index is 0.0979. The molecule has 0 spiro atoms. The molecule has 1 saturated heterocycles. The molecule has 0 aliphatic carbocycles. The van der Waals surface area contributed by atoms with Crippen LogP contribution in [0.5, 0.6) is 0 Å². The van der Waals surface area contributed by atoms with Gasteiger partial charge in [0.15, 0.2) is 0 Å². The summed E-state index contributed by atoms with van der Waals surface area (Å²) in [6.07, 6.45) is 3.54. The fourth-order valence-corrected chi connectivity index (χ4v) is 2.69. The second-order valence-electron chi connectivity index (χ2n) is 4.54. The first-order chi connectivity index (χ1) is 8.13. The van der Waals surface area contributed by atoms with Crippen LogP contribution in [0.3, 0.4) is 0 Å². The monoisotopic (exact) mass is 307 g/mol. The van der Waals surface area contributed by atoms with Crippen molar-refractivity contribution >= 4 is 15.9 Å². The van der Waals surface area contributed by atoms with E-state index in [2.05, 4.69) is 21.0 Å². The Balaban J connectivity index is 1.85. The Kier molecular flexibility index (Phi) is 4.50. The summed E-state index contributed by atoms with van der Waals surface area (Å²) in [4.78, 5) is 1.86. The molecule has 2 heterocycles. The van der Waals surface area contributed by atoms with E-state index in [1.54, 1.807) is 6.20 Å². The van der Waals surface area contributed by atoms with Crippen LogP contribution in [0.25, 0.3) is 0 Å². The molecule has 1 aromatic rings. The van der Waals surface area contributed by atoms with Crippen molar-refractivity contribution in [1.29, 1.82) is 0 Å². The Morgan fingerprint density at radius 3 is 3.00 bits per heavy atom. The largest absolute Gasteiger partial charge is 0.297 e. The molecule has 2 rings (SSSR count). The van der Waals surface area contributed by atoms with Crippen LogP contribution in [0.2, 0.25) is 0 Å². The Morgan fingerprint density at radius 2 is 2.35 bits per heavy atom. The third kappa shape index (κ3) is 4.03. The van der Waals surface area contributed by atoms with Crippen LogP contribution < -0.4 is 0 Å². The van der Waals surface area contributed by atoms with Gasteiger partial charge in [-0.25, -0.2) is 8.78 Å². The van der Waals surface area contributed by atoms with E-state index in [1.165, 1.54) is 0 Å². The molecule has 1 atom stereocenters. The lowest BCUT2D eigenvalue weighted by Gasteiger charge is -2.32. The zero-order valence-corrected chi connectivity index (χ0v) is 11.1. The first kappa shape index (κ1) is 13.0.